The predicted octanol–water partition coefficient (Wildman–Crippen LogP) is -0.209. The van der Waals surface area contributed by atoms with Gasteiger partial charge in [0.15, 0.2) is 11.5 Å². The molecule has 2 unspecified atom stereocenters. The smallest absolute Gasteiger partial charge is 0.290 e. The van der Waals surface area contributed by atoms with Crippen LogP contribution in [0, 0.1) is 5.41 Å². The summed E-state index contributed by atoms with van der Waals surface area (Å²) in [7, 11) is 0. The van der Waals surface area contributed by atoms with Crippen LogP contribution < -0.4 is 5.32 Å². The van der Waals surface area contributed by atoms with Crippen molar-refractivity contribution in [3.8, 4) is 0 Å². The number of nitrogens with zero attached hydrogens (tertiary/aromatic N) is 3. The molecule has 0 saturated carbocycles. The molecule has 4 aliphatic heterocycles. The van der Waals surface area contributed by atoms with E-state index in [1.54, 1.807) is 4.90 Å². The number of aliphatic hydroxyl groups excluding tert-OH is 1. The largest absolute Gasteiger partial charge is 0.390 e. The molecule has 0 aliphatic carbocycles. The fourth-order valence-electron chi connectivity index (χ4n) is 3.63. The number of hydrogen-bond acceptors (Lipinski definition) is 9. The Morgan fingerprint density at radius 2 is 2.13 bits per heavy atom. The van der Waals surface area contributed by atoms with Gasteiger partial charge in [0.1, 0.15) is 11.3 Å². The zero-order valence-corrected chi connectivity index (χ0v) is 17.9. The number of ether oxygens (including phenoxy) is 2. The van der Waals surface area contributed by atoms with Crippen molar-refractivity contribution in [2.45, 2.75) is 48.0 Å². The molecule has 4 aliphatic rings. The molecule has 4 heterocycles. The average molecular weight is 458 g/mol. The van der Waals surface area contributed by atoms with Crippen molar-refractivity contribution in [3.05, 3.63) is 0 Å². The predicted molar refractivity (Wildman–Crippen MR) is 110 cm³/mol. The van der Waals surface area contributed by atoms with Gasteiger partial charge in [-0.1, -0.05) is 6.92 Å². The molecular formula is C17H23N5O6S2. The summed E-state index contributed by atoms with van der Waals surface area (Å²) < 4.78 is 11.3. The number of fused-ring (bicyclic) bond motifs is 1. The molecule has 13 heteroatoms. The van der Waals surface area contributed by atoms with Crippen LogP contribution in [0.1, 0.15) is 19.8 Å². The lowest BCUT2D eigenvalue weighted by Crippen LogP contribution is -2.52. The van der Waals surface area contributed by atoms with Crippen molar-refractivity contribution in [2.24, 2.45) is 4.99 Å². The van der Waals surface area contributed by atoms with E-state index in [-0.39, 0.29) is 24.1 Å². The third-order valence-corrected chi connectivity index (χ3v) is 7.73. The monoisotopic (exact) mass is 457 g/mol. The molecule has 0 aromatic heterocycles. The van der Waals surface area contributed by atoms with Crippen molar-refractivity contribution >= 4 is 52.4 Å². The summed E-state index contributed by atoms with van der Waals surface area (Å²) in [4.78, 5) is 44.8. The zero-order valence-electron chi connectivity index (χ0n) is 16.3. The maximum Gasteiger partial charge on any atom is 0.290 e. The summed E-state index contributed by atoms with van der Waals surface area (Å²) >= 11 is 2.11. The number of amidine groups is 1. The zero-order chi connectivity index (χ0) is 21.4. The lowest BCUT2D eigenvalue weighted by molar-refractivity contribution is -0.136. The van der Waals surface area contributed by atoms with Crippen molar-refractivity contribution in [3.63, 3.8) is 0 Å². The van der Waals surface area contributed by atoms with Gasteiger partial charge in [-0.05, 0) is 18.2 Å². The van der Waals surface area contributed by atoms with Crippen molar-refractivity contribution in [1.29, 1.82) is 5.41 Å². The Bertz CT molecular complexity index is 789. The van der Waals surface area contributed by atoms with Gasteiger partial charge in [-0.25, -0.2) is 0 Å². The van der Waals surface area contributed by atoms with Crippen molar-refractivity contribution in [2.75, 3.05) is 26.3 Å². The second-order valence-corrected chi connectivity index (χ2v) is 9.58. The number of carbonyl (C=O) groups excluding carboxylic acids is 3. The van der Waals surface area contributed by atoms with Gasteiger partial charge in [0, 0.05) is 19.5 Å². The quantitative estimate of drug-likeness (QED) is 0.514. The maximum atomic E-state index is 12.8. The van der Waals surface area contributed by atoms with E-state index in [9.17, 15) is 19.5 Å². The molecular weight excluding hydrogens is 434 g/mol. The summed E-state index contributed by atoms with van der Waals surface area (Å²) in [6.45, 7) is 3.80. The van der Waals surface area contributed by atoms with Gasteiger partial charge in [0.25, 0.3) is 5.24 Å². The number of rotatable bonds is 5. The highest BCUT2D eigenvalue weighted by molar-refractivity contribution is 8.16. The van der Waals surface area contributed by atoms with E-state index in [1.807, 2.05) is 6.92 Å². The molecule has 3 saturated heterocycles. The normalized spacial score (nSPS) is 32.7. The second kappa shape index (κ2) is 8.83. The number of hydrogen-bond donors (Lipinski definition) is 3. The summed E-state index contributed by atoms with van der Waals surface area (Å²) in [5.41, 5.74) is -0.614. The molecule has 4 rings (SSSR count). The first-order chi connectivity index (χ1) is 14.4. The van der Waals surface area contributed by atoms with E-state index in [1.165, 1.54) is 16.7 Å². The second-order valence-electron chi connectivity index (χ2n) is 7.18. The topological polar surface area (TPSA) is 145 Å². The van der Waals surface area contributed by atoms with Gasteiger partial charge in [0.05, 0.1) is 24.6 Å². The minimum absolute atomic E-state index is 0.0806. The van der Waals surface area contributed by atoms with Crippen LogP contribution in [0.5, 0.6) is 0 Å². The number of nitrogens with one attached hydrogen (secondary N) is 2. The molecule has 0 radical (unpaired) electrons. The Balaban J connectivity index is 1.58. The van der Waals surface area contributed by atoms with Crippen LogP contribution >= 0.6 is 23.5 Å². The molecule has 3 amide bonds. The third-order valence-electron chi connectivity index (χ3n) is 5.23. The number of guanidine groups is 1. The molecule has 0 spiro atoms. The van der Waals surface area contributed by atoms with E-state index < -0.39 is 39.4 Å². The molecule has 3 N–H and O–H groups in total. The number of carbonyl (C=O) groups is 3. The maximum absolute atomic E-state index is 12.8. The number of amides is 3. The first-order valence-electron chi connectivity index (χ1n) is 9.71. The van der Waals surface area contributed by atoms with E-state index in [0.717, 1.165) is 11.8 Å². The Kier molecular flexibility index (Phi) is 6.34. The molecule has 0 bridgehead atoms. The third kappa shape index (κ3) is 4.08. The van der Waals surface area contributed by atoms with Gasteiger partial charge < -0.3 is 19.5 Å². The number of aliphatic imine (C=N–C) groups is 1. The molecule has 164 valence electrons. The molecule has 11 nitrogen and oxygen atoms in total. The Morgan fingerprint density at radius 1 is 1.40 bits per heavy atom. The van der Waals surface area contributed by atoms with Crippen LogP contribution in [0.15, 0.2) is 4.99 Å². The summed E-state index contributed by atoms with van der Waals surface area (Å²) in [5.74, 6) is -0.770. The van der Waals surface area contributed by atoms with E-state index in [4.69, 9.17) is 14.9 Å². The highest BCUT2D eigenvalue weighted by atomic mass is 32.2. The molecule has 5 atom stereocenters. The van der Waals surface area contributed by atoms with Crippen LogP contribution in [0.25, 0.3) is 0 Å². The summed E-state index contributed by atoms with van der Waals surface area (Å²) in [5, 5.41) is 18.6. The fourth-order valence-corrected chi connectivity index (χ4v) is 6.04. The van der Waals surface area contributed by atoms with Gasteiger partial charge in [-0.15, -0.1) is 11.8 Å². The number of morpholine rings is 1. The first kappa shape index (κ1) is 21.6. The van der Waals surface area contributed by atoms with Gasteiger partial charge in [0.2, 0.25) is 17.8 Å². The van der Waals surface area contributed by atoms with Crippen LogP contribution in [-0.2, 0) is 19.1 Å². The molecule has 0 aromatic carbocycles. The minimum Gasteiger partial charge on any atom is -0.390 e. The van der Waals surface area contributed by atoms with Gasteiger partial charge in [-0.2, -0.15) is 4.99 Å². The lowest BCUT2D eigenvalue weighted by atomic mass is 10.2. The van der Waals surface area contributed by atoms with Crippen molar-refractivity contribution in [1.82, 2.24) is 15.1 Å². The standard InChI is InChI=1S/C17H23N5O6S2/c1-2-8(23)15-28-14(9(29-15)7-10(24)21-3-5-27-6-4-21)22-12-11(30-17(22)26)13(25)20-16(18)19-12/h8-9,11,14-15,23H,2-7H2,1H3,(H2,18,20,25)/t8-,9-,11?,14+,15?/m0/s1. The molecule has 3 fully saturated rings. The average Bonchev–Trinajstić information content (AvgIpc) is 3.28. The fraction of sp³-hybridized carbons (Fsp3) is 0.706. The van der Waals surface area contributed by atoms with Crippen LogP contribution in [0.2, 0.25) is 0 Å². The van der Waals surface area contributed by atoms with E-state index in [0.29, 0.717) is 32.7 Å². The highest BCUT2D eigenvalue weighted by Crippen LogP contribution is 2.43. The first-order valence-corrected chi connectivity index (χ1v) is 11.5. The number of thioether (sulfide) groups is 2. The molecule has 30 heavy (non-hydrogen) atoms. The van der Waals surface area contributed by atoms with Gasteiger partial charge in [-0.3, -0.25) is 30.0 Å². The van der Waals surface area contributed by atoms with Crippen LogP contribution in [-0.4, -0.2) is 98.3 Å². The highest BCUT2D eigenvalue weighted by Gasteiger charge is 2.53. The summed E-state index contributed by atoms with van der Waals surface area (Å²) in [6.07, 6.45) is -1.07. The Labute approximate surface area is 181 Å². The van der Waals surface area contributed by atoms with Crippen molar-refractivity contribution < 1.29 is 29.0 Å². The minimum atomic E-state index is -0.867. The summed E-state index contributed by atoms with van der Waals surface area (Å²) in [6, 6.07) is 0. The number of aliphatic hydroxyl groups is 1. The van der Waals surface area contributed by atoms with E-state index >= 15 is 0 Å². The Hall–Kier alpha value is -1.67. The molecule has 0 aromatic rings. The van der Waals surface area contributed by atoms with Gasteiger partial charge >= 0.3 is 0 Å². The lowest BCUT2D eigenvalue weighted by Gasteiger charge is -2.31. The van der Waals surface area contributed by atoms with Crippen LogP contribution in [0.3, 0.4) is 0 Å². The van der Waals surface area contributed by atoms with E-state index in [2.05, 4.69) is 10.3 Å². The SMILES string of the molecule is CC[C@H](O)C1O[C@@H](N2C(=O)SC3C(=O)NC(=N)N=C32)[C@H](CC(=O)N2CCOCC2)S1. The van der Waals surface area contributed by atoms with Crippen LogP contribution in [0.4, 0.5) is 4.79 Å². The Morgan fingerprint density at radius 3 is 2.83 bits per heavy atom.